The summed E-state index contributed by atoms with van der Waals surface area (Å²) in [6.07, 6.45) is 0. The van der Waals surface area contributed by atoms with Crippen molar-refractivity contribution in [1.29, 1.82) is 0 Å². The number of nitrogens with zero attached hydrogens (tertiary/aromatic N) is 1. The van der Waals surface area contributed by atoms with Gasteiger partial charge in [-0.25, -0.2) is 0 Å². The zero-order chi connectivity index (χ0) is 51.4. The third kappa shape index (κ3) is 6.26. The highest BCUT2D eigenvalue weighted by molar-refractivity contribution is 6.02. The summed E-state index contributed by atoms with van der Waals surface area (Å²) in [5.74, 6) is 1.84. The minimum Gasteiger partial charge on any atom is -0.455 e. The molecule has 2 nitrogen and oxygen atoms in total. The number of benzene rings is 13. The van der Waals surface area contributed by atoms with Crippen LogP contribution < -0.4 is 9.64 Å². The molecule has 16 rings (SSSR count). The van der Waals surface area contributed by atoms with Crippen molar-refractivity contribution in [3.05, 3.63) is 342 Å². The first-order chi connectivity index (χ1) is 38.7. The molecule has 0 atom stereocenters. The predicted octanol–water partition coefficient (Wildman–Crippen LogP) is 19.6. The lowest BCUT2D eigenvalue weighted by atomic mass is 9.65. The molecule has 1 aliphatic heterocycles. The maximum absolute atomic E-state index is 7.27. The smallest absolute Gasteiger partial charge is 0.140 e. The van der Waals surface area contributed by atoms with Crippen LogP contribution in [0.1, 0.15) is 44.5 Å². The van der Waals surface area contributed by atoms with Gasteiger partial charge in [0, 0.05) is 39.0 Å². The predicted molar refractivity (Wildman–Crippen MR) is 322 cm³/mol. The summed E-state index contributed by atoms with van der Waals surface area (Å²) >= 11 is 0. The quantitative estimate of drug-likeness (QED) is 0.158. The summed E-state index contributed by atoms with van der Waals surface area (Å²) in [4.78, 5) is 2.45. The maximum atomic E-state index is 7.27. The van der Waals surface area contributed by atoms with E-state index in [1.807, 2.05) is 0 Å². The van der Waals surface area contributed by atoms with E-state index in [1.54, 1.807) is 0 Å². The first-order valence-electron chi connectivity index (χ1n) is 27.1. The van der Waals surface area contributed by atoms with Crippen LogP contribution >= 0.6 is 0 Å². The van der Waals surface area contributed by atoms with Gasteiger partial charge in [0.05, 0.1) is 10.8 Å². The van der Waals surface area contributed by atoms with Gasteiger partial charge in [-0.05, 0) is 125 Å². The zero-order valence-electron chi connectivity index (χ0n) is 42.6. The maximum Gasteiger partial charge on any atom is 0.140 e. The Morgan fingerprint density at radius 2 is 0.744 bits per heavy atom. The van der Waals surface area contributed by atoms with Crippen LogP contribution in [0.2, 0.25) is 0 Å². The van der Waals surface area contributed by atoms with Gasteiger partial charge in [0.25, 0.3) is 0 Å². The van der Waals surface area contributed by atoms with E-state index in [0.717, 1.165) is 72.4 Å². The van der Waals surface area contributed by atoms with E-state index in [9.17, 15) is 0 Å². The minimum atomic E-state index is -0.638. The molecule has 1 spiro atoms. The van der Waals surface area contributed by atoms with Crippen molar-refractivity contribution in [3.8, 4) is 56.0 Å². The van der Waals surface area contributed by atoms with Crippen LogP contribution in [0.4, 0.5) is 17.1 Å². The second kappa shape index (κ2) is 17.3. The summed E-state index contributed by atoms with van der Waals surface area (Å²) in [7, 11) is 0. The normalized spacial score (nSPS) is 13.7. The van der Waals surface area contributed by atoms with Crippen molar-refractivity contribution >= 4 is 38.6 Å². The molecule has 364 valence electrons. The number of anilines is 3. The number of hydrogen-bond acceptors (Lipinski definition) is 2. The second-order valence-electron chi connectivity index (χ2n) is 21.0. The Balaban J connectivity index is 0.896. The number of hydrogen-bond donors (Lipinski definition) is 0. The Hall–Kier alpha value is -10.0. The highest BCUT2D eigenvalue weighted by Gasteiger charge is 2.52. The number of rotatable bonds is 7. The molecule has 0 saturated carbocycles. The zero-order valence-corrected chi connectivity index (χ0v) is 42.6. The average Bonchev–Trinajstić information content (AvgIpc) is 3.05. The molecule has 0 fully saturated rings. The number of ether oxygens (including phenoxy) is 1. The molecule has 0 radical (unpaired) electrons. The molecule has 0 aromatic heterocycles. The van der Waals surface area contributed by atoms with Crippen molar-refractivity contribution in [1.82, 2.24) is 0 Å². The fourth-order valence-electron chi connectivity index (χ4n) is 14.0. The lowest BCUT2D eigenvalue weighted by Gasteiger charge is -2.40. The van der Waals surface area contributed by atoms with Crippen LogP contribution in [0.15, 0.2) is 297 Å². The summed E-state index contributed by atoms with van der Waals surface area (Å²) in [5, 5.41) is 4.55. The Kier molecular flexibility index (Phi) is 9.80. The van der Waals surface area contributed by atoms with Crippen LogP contribution in [0.3, 0.4) is 0 Å². The third-order valence-corrected chi connectivity index (χ3v) is 17.2. The Bertz CT molecular complexity index is 4400. The van der Waals surface area contributed by atoms with E-state index in [0.29, 0.717) is 0 Å². The third-order valence-electron chi connectivity index (χ3n) is 17.2. The van der Waals surface area contributed by atoms with Crippen LogP contribution in [0.25, 0.3) is 66.1 Å². The first-order valence-corrected chi connectivity index (χ1v) is 27.1. The summed E-state index contributed by atoms with van der Waals surface area (Å²) in [5.41, 5.74) is 21.7. The van der Waals surface area contributed by atoms with E-state index >= 15 is 0 Å². The highest BCUT2D eigenvalue weighted by Crippen LogP contribution is 2.65. The standard InChI is InChI=1S/C76H49NO/c1-4-20-50(21-5-1)54-24-18-29-58(48-54)77(59-44-45-64-63-32-14-16-35-66(63)75(71(64)49-59,55-25-6-2-7-26-55)56-27-8-3-9-28-56)57-42-38-53(39-43-57)60-34-19-37-68-72(60)65-33-15-17-36-67(65)76(68)69-46-40-51-22-10-12-30-61(51)73(69)78-74-62-31-13-11-23-52(62)41-47-70(74)76/h1-49H. The van der Waals surface area contributed by atoms with Gasteiger partial charge >= 0.3 is 0 Å². The van der Waals surface area contributed by atoms with Crippen LogP contribution in [0.5, 0.6) is 11.5 Å². The molecule has 13 aromatic carbocycles. The van der Waals surface area contributed by atoms with Crippen molar-refractivity contribution in [2.45, 2.75) is 10.8 Å². The molecule has 0 amide bonds. The lowest BCUT2D eigenvalue weighted by Crippen LogP contribution is -2.32. The summed E-state index contributed by atoms with van der Waals surface area (Å²) in [6.45, 7) is 0. The average molecular weight is 992 g/mol. The van der Waals surface area contributed by atoms with E-state index in [4.69, 9.17) is 4.74 Å². The van der Waals surface area contributed by atoms with Crippen LogP contribution in [-0.4, -0.2) is 0 Å². The molecule has 0 bridgehead atoms. The van der Waals surface area contributed by atoms with Gasteiger partial charge in [-0.2, -0.15) is 0 Å². The largest absolute Gasteiger partial charge is 0.455 e. The van der Waals surface area contributed by atoms with Crippen molar-refractivity contribution in [2.75, 3.05) is 4.90 Å². The molecule has 1 heterocycles. The van der Waals surface area contributed by atoms with E-state index < -0.39 is 10.8 Å². The Morgan fingerprint density at radius 1 is 0.256 bits per heavy atom. The van der Waals surface area contributed by atoms with Gasteiger partial charge in [-0.1, -0.05) is 261 Å². The van der Waals surface area contributed by atoms with Gasteiger partial charge in [0.15, 0.2) is 0 Å². The fourth-order valence-corrected chi connectivity index (χ4v) is 14.0. The second-order valence-corrected chi connectivity index (χ2v) is 21.0. The summed E-state index contributed by atoms with van der Waals surface area (Å²) in [6, 6.07) is 110. The monoisotopic (exact) mass is 991 g/mol. The van der Waals surface area contributed by atoms with Crippen molar-refractivity contribution in [3.63, 3.8) is 0 Å². The lowest BCUT2D eigenvalue weighted by molar-refractivity contribution is 0.447. The van der Waals surface area contributed by atoms with E-state index in [1.165, 1.54) is 66.8 Å². The topological polar surface area (TPSA) is 12.5 Å². The molecule has 2 aliphatic carbocycles. The van der Waals surface area contributed by atoms with E-state index in [2.05, 4.69) is 302 Å². The summed E-state index contributed by atoms with van der Waals surface area (Å²) < 4.78 is 7.27. The molecule has 78 heavy (non-hydrogen) atoms. The number of fused-ring (bicyclic) bond motifs is 16. The van der Waals surface area contributed by atoms with Gasteiger partial charge in [-0.15, -0.1) is 0 Å². The molecule has 0 N–H and O–H groups in total. The Labute approximate surface area is 454 Å². The van der Waals surface area contributed by atoms with Gasteiger partial charge in [0.2, 0.25) is 0 Å². The van der Waals surface area contributed by atoms with Crippen LogP contribution in [0, 0.1) is 0 Å². The SMILES string of the molecule is c1ccc(-c2cccc(N(c3ccc(-c4cccc5c4-c4ccccc4C54c5ccc6ccccc6c5Oc5c4ccc4ccccc54)cc3)c3ccc4c(c3)C(c3ccccc3)(c3ccccc3)c3ccccc3-4)c2)cc1. The van der Waals surface area contributed by atoms with Crippen molar-refractivity contribution in [2.24, 2.45) is 0 Å². The van der Waals surface area contributed by atoms with Gasteiger partial charge in [0.1, 0.15) is 11.5 Å². The highest BCUT2D eigenvalue weighted by atomic mass is 16.5. The molecule has 13 aromatic rings. The molecular formula is C76H49NO. The molecule has 0 saturated heterocycles. The van der Waals surface area contributed by atoms with Gasteiger partial charge in [-0.3, -0.25) is 0 Å². The Morgan fingerprint density at radius 3 is 1.41 bits per heavy atom. The van der Waals surface area contributed by atoms with Crippen LogP contribution in [-0.2, 0) is 10.8 Å². The fraction of sp³-hybridized carbons (Fsp3) is 0.0263. The first kappa shape index (κ1) is 44.3. The minimum absolute atomic E-state index is 0.543. The van der Waals surface area contributed by atoms with E-state index in [-0.39, 0.29) is 0 Å². The molecular weight excluding hydrogens is 943 g/mol. The molecule has 2 heteroatoms. The molecule has 0 unspecified atom stereocenters. The molecule has 3 aliphatic rings. The van der Waals surface area contributed by atoms with Gasteiger partial charge < -0.3 is 9.64 Å². The van der Waals surface area contributed by atoms with Crippen molar-refractivity contribution < 1.29 is 4.74 Å².